The van der Waals surface area contributed by atoms with Crippen LogP contribution in [0.15, 0.2) is 24.5 Å². The van der Waals surface area contributed by atoms with Crippen LogP contribution in [-0.2, 0) is 9.53 Å². The molecule has 0 aliphatic heterocycles. The molecule has 0 aromatic rings. The maximum atomic E-state index is 10.4. The second-order valence-corrected chi connectivity index (χ2v) is 3.88. The third-order valence-electron chi connectivity index (χ3n) is 2.21. The second-order valence-electron chi connectivity index (χ2n) is 3.88. The maximum Gasteiger partial charge on any atom is 0.307 e. The van der Waals surface area contributed by atoms with Gasteiger partial charge in [0, 0.05) is 6.92 Å². The van der Waals surface area contributed by atoms with Crippen LogP contribution < -0.4 is 0 Å². The summed E-state index contributed by atoms with van der Waals surface area (Å²) in [5.41, 5.74) is 0. The molecule has 0 heterocycles. The largest absolute Gasteiger partial charge is 0.435 e. The molecule has 0 saturated carbocycles. The Bertz CT molecular complexity index is 217. The Morgan fingerprint density at radius 2 is 1.56 bits per heavy atom. The summed E-state index contributed by atoms with van der Waals surface area (Å²) in [6.45, 7) is 3.62. The van der Waals surface area contributed by atoms with Crippen LogP contribution in [0.5, 0.6) is 0 Å². The van der Waals surface area contributed by atoms with Crippen LogP contribution in [0.4, 0.5) is 0 Å². The summed E-state index contributed by atoms with van der Waals surface area (Å²) >= 11 is 0. The fourth-order valence-electron chi connectivity index (χ4n) is 1.29. The molecule has 0 unspecified atom stereocenters. The first-order valence-electron chi connectivity index (χ1n) is 6.24. The average Bonchev–Trinajstić information content (AvgIpc) is 2.25. The Hall–Kier alpha value is -1.05. The predicted molar refractivity (Wildman–Crippen MR) is 68.0 cm³/mol. The van der Waals surface area contributed by atoms with Gasteiger partial charge in [0.25, 0.3) is 0 Å². The van der Waals surface area contributed by atoms with E-state index in [1.165, 1.54) is 38.9 Å². The minimum Gasteiger partial charge on any atom is -0.435 e. The van der Waals surface area contributed by atoms with E-state index in [0.717, 1.165) is 19.3 Å². The van der Waals surface area contributed by atoms with Crippen molar-refractivity contribution in [3.8, 4) is 0 Å². The van der Waals surface area contributed by atoms with E-state index in [0.29, 0.717) is 0 Å². The summed E-state index contributed by atoms with van der Waals surface area (Å²) in [5.74, 6) is -0.255. The standard InChI is InChI=1S/C14H24O2/c1-3-4-5-6-7-8-9-10-11-12-13-16-14(2)15/h6-7,12-13H,3-5,8-11H2,1-2H3. The SMILES string of the molecule is CCCCC=CCCCCC=COC(C)=O. The highest BCUT2D eigenvalue weighted by atomic mass is 16.5. The molecule has 0 saturated heterocycles. The van der Waals surface area contributed by atoms with Crippen LogP contribution in [0, 0.1) is 0 Å². The molecule has 0 aliphatic rings. The van der Waals surface area contributed by atoms with Gasteiger partial charge in [-0.1, -0.05) is 31.9 Å². The van der Waals surface area contributed by atoms with Crippen molar-refractivity contribution in [2.45, 2.75) is 58.8 Å². The van der Waals surface area contributed by atoms with E-state index in [1.54, 1.807) is 0 Å². The maximum absolute atomic E-state index is 10.4. The van der Waals surface area contributed by atoms with Crippen LogP contribution in [0.25, 0.3) is 0 Å². The first-order valence-corrected chi connectivity index (χ1v) is 6.24. The molecule has 16 heavy (non-hydrogen) atoms. The van der Waals surface area contributed by atoms with Crippen molar-refractivity contribution in [1.82, 2.24) is 0 Å². The van der Waals surface area contributed by atoms with Gasteiger partial charge in [-0.3, -0.25) is 4.79 Å². The monoisotopic (exact) mass is 224 g/mol. The number of carbonyl (C=O) groups excluding carboxylic acids is 1. The molecule has 92 valence electrons. The molecule has 0 fully saturated rings. The first kappa shape index (κ1) is 14.9. The number of hydrogen-bond acceptors (Lipinski definition) is 2. The average molecular weight is 224 g/mol. The van der Waals surface area contributed by atoms with E-state index in [-0.39, 0.29) is 5.97 Å². The van der Waals surface area contributed by atoms with Crippen molar-refractivity contribution in [3.05, 3.63) is 24.5 Å². The van der Waals surface area contributed by atoms with Crippen LogP contribution in [0.1, 0.15) is 58.8 Å². The Morgan fingerprint density at radius 3 is 2.12 bits per heavy atom. The van der Waals surface area contributed by atoms with E-state index in [9.17, 15) is 4.79 Å². The highest BCUT2D eigenvalue weighted by Crippen LogP contribution is 2.03. The highest BCUT2D eigenvalue weighted by molar-refractivity contribution is 5.66. The van der Waals surface area contributed by atoms with Gasteiger partial charge in [0.1, 0.15) is 0 Å². The van der Waals surface area contributed by atoms with Gasteiger partial charge in [0.2, 0.25) is 0 Å². The van der Waals surface area contributed by atoms with Crippen molar-refractivity contribution >= 4 is 5.97 Å². The van der Waals surface area contributed by atoms with Crippen molar-refractivity contribution in [2.75, 3.05) is 0 Å². The van der Waals surface area contributed by atoms with Crippen molar-refractivity contribution in [1.29, 1.82) is 0 Å². The quantitative estimate of drug-likeness (QED) is 0.251. The van der Waals surface area contributed by atoms with Gasteiger partial charge < -0.3 is 4.74 Å². The van der Waals surface area contributed by atoms with Gasteiger partial charge in [-0.2, -0.15) is 0 Å². The van der Waals surface area contributed by atoms with Gasteiger partial charge in [0.15, 0.2) is 0 Å². The molecular formula is C14H24O2. The zero-order valence-corrected chi connectivity index (χ0v) is 10.6. The molecule has 0 atom stereocenters. The number of rotatable bonds is 9. The Labute approximate surface area is 99.4 Å². The minimum absolute atomic E-state index is 0.255. The number of unbranched alkanes of at least 4 members (excludes halogenated alkanes) is 5. The first-order chi connectivity index (χ1) is 7.77. The highest BCUT2D eigenvalue weighted by Gasteiger charge is 1.86. The molecule has 0 aromatic carbocycles. The van der Waals surface area contributed by atoms with Crippen LogP contribution in [0.2, 0.25) is 0 Å². The fourth-order valence-corrected chi connectivity index (χ4v) is 1.29. The van der Waals surface area contributed by atoms with E-state index in [2.05, 4.69) is 23.8 Å². The molecule has 0 radical (unpaired) electrons. The van der Waals surface area contributed by atoms with Crippen molar-refractivity contribution in [3.63, 3.8) is 0 Å². The lowest BCUT2D eigenvalue weighted by atomic mass is 10.1. The van der Waals surface area contributed by atoms with Gasteiger partial charge in [-0.15, -0.1) is 0 Å². The van der Waals surface area contributed by atoms with Crippen molar-refractivity contribution in [2.24, 2.45) is 0 Å². The zero-order valence-electron chi connectivity index (χ0n) is 10.6. The third kappa shape index (κ3) is 12.9. The van der Waals surface area contributed by atoms with Gasteiger partial charge in [-0.05, 0) is 38.2 Å². The minimum atomic E-state index is -0.255. The third-order valence-corrected chi connectivity index (χ3v) is 2.21. The molecule has 0 N–H and O–H groups in total. The Balaban J connectivity index is 3.17. The summed E-state index contributed by atoms with van der Waals surface area (Å²) in [5, 5.41) is 0. The van der Waals surface area contributed by atoms with E-state index < -0.39 is 0 Å². The smallest absolute Gasteiger partial charge is 0.307 e. The summed E-state index contributed by atoms with van der Waals surface area (Å²) in [6, 6.07) is 0. The molecular weight excluding hydrogens is 200 g/mol. The lowest BCUT2D eigenvalue weighted by Gasteiger charge is -1.94. The molecule has 0 spiro atoms. The van der Waals surface area contributed by atoms with E-state index in [4.69, 9.17) is 0 Å². The summed E-state index contributed by atoms with van der Waals surface area (Å²) in [7, 11) is 0. The molecule has 2 nitrogen and oxygen atoms in total. The van der Waals surface area contributed by atoms with Gasteiger partial charge in [0.05, 0.1) is 6.26 Å². The Morgan fingerprint density at radius 1 is 1.00 bits per heavy atom. The van der Waals surface area contributed by atoms with E-state index >= 15 is 0 Å². The Kier molecular flexibility index (Phi) is 11.2. The van der Waals surface area contributed by atoms with Gasteiger partial charge >= 0.3 is 5.97 Å². The molecule has 0 aliphatic carbocycles. The molecule has 0 amide bonds. The van der Waals surface area contributed by atoms with Crippen LogP contribution in [0.3, 0.4) is 0 Å². The number of esters is 1. The summed E-state index contributed by atoms with van der Waals surface area (Å²) in [6.07, 6.45) is 16.2. The summed E-state index contributed by atoms with van der Waals surface area (Å²) < 4.78 is 4.68. The zero-order chi connectivity index (χ0) is 12.1. The van der Waals surface area contributed by atoms with E-state index in [1.807, 2.05) is 6.08 Å². The normalized spacial score (nSPS) is 11.4. The summed E-state index contributed by atoms with van der Waals surface area (Å²) in [4.78, 5) is 10.4. The lowest BCUT2D eigenvalue weighted by molar-refractivity contribution is -0.135. The van der Waals surface area contributed by atoms with Crippen LogP contribution in [-0.4, -0.2) is 5.97 Å². The second kappa shape index (κ2) is 12.0. The molecule has 0 aromatic heterocycles. The molecule has 2 heteroatoms. The lowest BCUT2D eigenvalue weighted by Crippen LogP contribution is -1.89. The number of carbonyl (C=O) groups is 1. The van der Waals surface area contributed by atoms with Gasteiger partial charge in [-0.25, -0.2) is 0 Å². The van der Waals surface area contributed by atoms with Crippen molar-refractivity contribution < 1.29 is 9.53 Å². The number of hydrogen-bond donors (Lipinski definition) is 0. The predicted octanol–water partition coefficient (Wildman–Crippen LogP) is 4.37. The number of ether oxygens (including phenoxy) is 1. The fraction of sp³-hybridized carbons (Fsp3) is 0.643. The number of allylic oxidation sites excluding steroid dienone is 3. The van der Waals surface area contributed by atoms with Crippen LogP contribution >= 0.6 is 0 Å². The topological polar surface area (TPSA) is 26.3 Å². The molecule has 0 bridgehead atoms. The molecule has 0 rings (SSSR count).